The van der Waals surface area contributed by atoms with E-state index in [2.05, 4.69) is 0 Å². The van der Waals surface area contributed by atoms with Crippen LogP contribution in [0.2, 0.25) is 0 Å². The van der Waals surface area contributed by atoms with Gasteiger partial charge in [-0.05, 0) is 47.9 Å². The summed E-state index contributed by atoms with van der Waals surface area (Å²) in [6, 6.07) is 13.3. The molecule has 0 aromatic heterocycles. The Balaban J connectivity index is 2.49. The van der Waals surface area contributed by atoms with Crippen molar-refractivity contribution in [1.82, 2.24) is 0 Å². The van der Waals surface area contributed by atoms with Crippen LogP contribution in [0.1, 0.15) is 5.56 Å². The monoisotopic (exact) mass is 214 g/mol. The Morgan fingerprint density at radius 3 is 2.50 bits per heavy atom. The van der Waals surface area contributed by atoms with E-state index in [0.717, 1.165) is 22.4 Å². The van der Waals surface area contributed by atoms with E-state index >= 15 is 0 Å². The second-order valence-electron chi connectivity index (χ2n) is 3.79. The topological polar surface area (TPSA) is 29.5 Å². The van der Waals surface area contributed by atoms with Gasteiger partial charge in [0.25, 0.3) is 0 Å². The van der Waals surface area contributed by atoms with E-state index in [4.69, 9.17) is 4.74 Å². The van der Waals surface area contributed by atoms with Crippen molar-refractivity contribution in [3.63, 3.8) is 0 Å². The van der Waals surface area contributed by atoms with Crippen molar-refractivity contribution < 1.29 is 9.84 Å². The summed E-state index contributed by atoms with van der Waals surface area (Å²) < 4.78 is 5.17. The van der Waals surface area contributed by atoms with Crippen molar-refractivity contribution in [3.05, 3.63) is 48.0 Å². The van der Waals surface area contributed by atoms with Crippen molar-refractivity contribution in [3.8, 4) is 22.6 Å². The first kappa shape index (κ1) is 10.6. The SMILES string of the molecule is COc1cccc(-c2cc(C)cc(O)c2)c1. The third-order valence-corrected chi connectivity index (χ3v) is 2.47. The molecule has 0 saturated heterocycles. The van der Waals surface area contributed by atoms with Crippen molar-refractivity contribution >= 4 is 0 Å². The molecule has 2 aromatic carbocycles. The van der Waals surface area contributed by atoms with Crippen LogP contribution in [0.25, 0.3) is 11.1 Å². The van der Waals surface area contributed by atoms with E-state index in [1.54, 1.807) is 19.2 Å². The number of phenolic OH excluding ortho intramolecular Hbond substituents is 1. The molecule has 0 aliphatic heterocycles. The minimum atomic E-state index is 0.290. The van der Waals surface area contributed by atoms with Gasteiger partial charge in [0.1, 0.15) is 11.5 Å². The normalized spacial score (nSPS) is 10.1. The second kappa shape index (κ2) is 4.27. The molecule has 0 saturated carbocycles. The summed E-state index contributed by atoms with van der Waals surface area (Å²) in [5, 5.41) is 9.55. The largest absolute Gasteiger partial charge is 0.508 e. The molecule has 0 atom stereocenters. The smallest absolute Gasteiger partial charge is 0.119 e. The summed E-state index contributed by atoms with van der Waals surface area (Å²) in [4.78, 5) is 0. The number of phenols is 1. The van der Waals surface area contributed by atoms with Crippen LogP contribution in [0.15, 0.2) is 42.5 Å². The van der Waals surface area contributed by atoms with Crippen LogP contribution < -0.4 is 4.74 Å². The Morgan fingerprint density at radius 1 is 1.00 bits per heavy atom. The highest BCUT2D eigenvalue weighted by molar-refractivity contribution is 5.67. The standard InChI is InChI=1S/C14H14O2/c1-10-6-12(8-13(15)7-10)11-4-3-5-14(9-11)16-2/h3-9,15H,1-2H3. The van der Waals surface area contributed by atoms with Gasteiger partial charge in [0.05, 0.1) is 7.11 Å². The first-order chi connectivity index (χ1) is 7.69. The average Bonchev–Trinajstić information content (AvgIpc) is 2.28. The maximum Gasteiger partial charge on any atom is 0.119 e. The fourth-order valence-electron chi connectivity index (χ4n) is 1.73. The van der Waals surface area contributed by atoms with Gasteiger partial charge >= 0.3 is 0 Å². The lowest BCUT2D eigenvalue weighted by atomic mass is 10.0. The molecule has 0 heterocycles. The molecule has 1 N–H and O–H groups in total. The maximum absolute atomic E-state index is 9.55. The number of ether oxygens (including phenoxy) is 1. The van der Waals surface area contributed by atoms with Gasteiger partial charge in [-0.1, -0.05) is 18.2 Å². The van der Waals surface area contributed by atoms with Crippen molar-refractivity contribution in [2.75, 3.05) is 7.11 Å². The summed E-state index contributed by atoms with van der Waals surface area (Å²) in [6.07, 6.45) is 0. The Morgan fingerprint density at radius 2 is 1.81 bits per heavy atom. The molecule has 82 valence electrons. The fourth-order valence-corrected chi connectivity index (χ4v) is 1.73. The zero-order chi connectivity index (χ0) is 11.5. The lowest BCUT2D eigenvalue weighted by Crippen LogP contribution is -1.84. The van der Waals surface area contributed by atoms with Gasteiger partial charge in [-0.2, -0.15) is 0 Å². The number of benzene rings is 2. The highest BCUT2D eigenvalue weighted by atomic mass is 16.5. The van der Waals surface area contributed by atoms with Crippen LogP contribution in [-0.4, -0.2) is 12.2 Å². The molecule has 0 fully saturated rings. The van der Waals surface area contributed by atoms with Crippen LogP contribution in [0, 0.1) is 6.92 Å². The number of aromatic hydroxyl groups is 1. The number of hydrogen-bond acceptors (Lipinski definition) is 2. The minimum Gasteiger partial charge on any atom is -0.508 e. The molecule has 16 heavy (non-hydrogen) atoms. The van der Waals surface area contributed by atoms with Crippen molar-refractivity contribution in [1.29, 1.82) is 0 Å². The van der Waals surface area contributed by atoms with Gasteiger partial charge in [0.15, 0.2) is 0 Å². The first-order valence-electron chi connectivity index (χ1n) is 5.14. The van der Waals surface area contributed by atoms with E-state index in [9.17, 15) is 5.11 Å². The van der Waals surface area contributed by atoms with Gasteiger partial charge < -0.3 is 9.84 Å². The molecular formula is C14H14O2. The molecule has 0 aliphatic carbocycles. The van der Waals surface area contributed by atoms with Crippen LogP contribution in [-0.2, 0) is 0 Å². The van der Waals surface area contributed by atoms with Crippen LogP contribution in [0.4, 0.5) is 0 Å². The maximum atomic E-state index is 9.55. The molecule has 0 spiro atoms. The highest BCUT2D eigenvalue weighted by Gasteiger charge is 2.02. The van der Waals surface area contributed by atoms with E-state index in [1.807, 2.05) is 37.3 Å². The summed E-state index contributed by atoms with van der Waals surface area (Å²) in [5.41, 5.74) is 3.08. The first-order valence-corrected chi connectivity index (χ1v) is 5.14. The van der Waals surface area contributed by atoms with Gasteiger partial charge in [0.2, 0.25) is 0 Å². The number of hydrogen-bond donors (Lipinski definition) is 1. The van der Waals surface area contributed by atoms with Gasteiger partial charge in [-0.25, -0.2) is 0 Å². The van der Waals surface area contributed by atoms with Crippen LogP contribution in [0.3, 0.4) is 0 Å². The number of methoxy groups -OCH3 is 1. The summed E-state index contributed by atoms with van der Waals surface area (Å²) in [6.45, 7) is 1.96. The molecule has 0 unspecified atom stereocenters. The van der Waals surface area contributed by atoms with Crippen molar-refractivity contribution in [2.45, 2.75) is 6.92 Å². The zero-order valence-corrected chi connectivity index (χ0v) is 9.40. The molecule has 2 aromatic rings. The average molecular weight is 214 g/mol. The van der Waals surface area contributed by atoms with Gasteiger partial charge in [-0.15, -0.1) is 0 Å². The predicted molar refractivity (Wildman–Crippen MR) is 64.8 cm³/mol. The summed E-state index contributed by atoms with van der Waals surface area (Å²) in [7, 11) is 1.65. The van der Waals surface area contributed by atoms with Crippen LogP contribution in [0.5, 0.6) is 11.5 Å². The molecule has 0 radical (unpaired) electrons. The summed E-state index contributed by atoms with van der Waals surface area (Å²) >= 11 is 0. The quantitative estimate of drug-likeness (QED) is 0.830. The lowest BCUT2D eigenvalue weighted by Gasteiger charge is -2.06. The minimum absolute atomic E-state index is 0.290. The number of rotatable bonds is 2. The van der Waals surface area contributed by atoms with E-state index in [-0.39, 0.29) is 5.75 Å². The molecular weight excluding hydrogens is 200 g/mol. The summed E-state index contributed by atoms with van der Waals surface area (Å²) in [5.74, 6) is 1.11. The zero-order valence-electron chi connectivity index (χ0n) is 9.40. The van der Waals surface area contributed by atoms with E-state index < -0.39 is 0 Å². The van der Waals surface area contributed by atoms with Gasteiger partial charge in [0, 0.05) is 0 Å². The number of aryl methyl sites for hydroxylation is 1. The highest BCUT2D eigenvalue weighted by Crippen LogP contribution is 2.27. The molecule has 2 heteroatoms. The fraction of sp³-hybridized carbons (Fsp3) is 0.143. The van der Waals surface area contributed by atoms with Crippen molar-refractivity contribution in [2.24, 2.45) is 0 Å². The second-order valence-corrected chi connectivity index (χ2v) is 3.79. The predicted octanol–water partition coefficient (Wildman–Crippen LogP) is 3.38. The molecule has 2 nitrogen and oxygen atoms in total. The Bertz CT molecular complexity index is 484. The Hall–Kier alpha value is -1.96. The third-order valence-electron chi connectivity index (χ3n) is 2.47. The Kier molecular flexibility index (Phi) is 2.82. The molecule has 0 bridgehead atoms. The Labute approximate surface area is 95.1 Å². The van der Waals surface area contributed by atoms with Crippen LogP contribution >= 0.6 is 0 Å². The van der Waals surface area contributed by atoms with E-state index in [0.29, 0.717) is 0 Å². The van der Waals surface area contributed by atoms with E-state index in [1.165, 1.54) is 0 Å². The van der Waals surface area contributed by atoms with Gasteiger partial charge in [-0.3, -0.25) is 0 Å². The molecule has 2 rings (SSSR count). The molecule has 0 aliphatic rings. The third kappa shape index (κ3) is 2.16. The molecule has 0 amide bonds. The lowest BCUT2D eigenvalue weighted by molar-refractivity contribution is 0.415.